The van der Waals surface area contributed by atoms with Crippen LogP contribution in [0.5, 0.6) is 0 Å². The van der Waals surface area contributed by atoms with Crippen molar-refractivity contribution in [2.24, 2.45) is 0 Å². The van der Waals surface area contributed by atoms with Crippen LogP contribution in [0.2, 0.25) is 0 Å². The number of hydrogen-bond acceptors (Lipinski definition) is 12. The van der Waals surface area contributed by atoms with Crippen LogP contribution in [-0.4, -0.2) is 98.3 Å². The molecular formula is C29H55O13P. The predicted octanol–water partition coefficient (Wildman–Crippen LogP) is 3.04. The summed E-state index contributed by atoms with van der Waals surface area (Å²) in [7, 11) is -5.08. The van der Waals surface area contributed by atoms with Crippen LogP contribution in [0.4, 0.5) is 0 Å². The van der Waals surface area contributed by atoms with Gasteiger partial charge in [0.2, 0.25) is 0 Å². The summed E-state index contributed by atoms with van der Waals surface area (Å²) in [6, 6.07) is 0. The molecule has 0 aromatic carbocycles. The molecule has 1 aliphatic carbocycles. The first-order valence-electron chi connectivity index (χ1n) is 15.8. The number of esters is 2. The fourth-order valence-corrected chi connectivity index (χ4v) is 5.73. The maximum absolute atomic E-state index is 12.6. The van der Waals surface area contributed by atoms with E-state index in [1.54, 1.807) is 0 Å². The van der Waals surface area contributed by atoms with Crippen molar-refractivity contribution in [3.63, 3.8) is 0 Å². The Kier molecular flexibility index (Phi) is 20.7. The lowest BCUT2D eigenvalue weighted by Gasteiger charge is -2.41. The Bertz CT molecular complexity index is 797. The number of phosphoric ester groups is 1. The third kappa shape index (κ3) is 16.7. The number of phosphoric acid groups is 1. The van der Waals surface area contributed by atoms with E-state index in [1.165, 1.54) is 12.8 Å². The van der Waals surface area contributed by atoms with Gasteiger partial charge in [-0.15, -0.1) is 0 Å². The molecule has 254 valence electrons. The van der Waals surface area contributed by atoms with Gasteiger partial charge in [-0.25, -0.2) is 4.57 Å². The molecule has 0 amide bonds. The van der Waals surface area contributed by atoms with E-state index in [0.717, 1.165) is 64.2 Å². The average Bonchev–Trinajstić information content (AvgIpc) is 2.97. The Morgan fingerprint density at radius 2 is 1.05 bits per heavy atom. The molecule has 43 heavy (non-hydrogen) atoms. The molecule has 14 heteroatoms. The number of aliphatic hydroxyl groups excluding tert-OH is 5. The molecule has 0 spiro atoms. The highest BCUT2D eigenvalue weighted by atomic mass is 31.2. The summed E-state index contributed by atoms with van der Waals surface area (Å²) in [6.07, 6.45) is 1.20. The van der Waals surface area contributed by atoms with Crippen LogP contribution in [0.15, 0.2) is 0 Å². The highest BCUT2D eigenvalue weighted by Gasteiger charge is 2.51. The molecule has 0 radical (unpaired) electrons. The molecule has 0 aromatic heterocycles. The lowest BCUT2D eigenvalue weighted by atomic mass is 9.85. The van der Waals surface area contributed by atoms with Gasteiger partial charge >= 0.3 is 19.8 Å². The van der Waals surface area contributed by atoms with Gasteiger partial charge in [0.05, 0.1) is 6.61 Å². The zero-order chi connectivity index (χ0) is 32.3. The van der Waals surface area contributed by atoms with Gasteiger partial charge in [-0.2, -0.15) is 0 Å². The van der Waals surface area contributed by atoms with Crippen molar-refractivity contribution in [2.75, 3.05) is 13.2 Å². The van der Waals surface area contributed by atoms with Crippen LogP contribution in [0.1, 0.15) is 117 Å². The van der Waals surface area contributed by atoms with Crippen LogP contribution in [0.3, 0.4) is 0 Å². The van der Waals surface area contributed by atoms with Crippen molar-refractivity contribution in [2.45, 2.75) is 159 Å². The van der Waals surface area contributed by atoms with Gasteiger partial charge in [-0.1, -0.05) is 90.9 Å². The van der Waals surface area contributed by atoms with E-state index in [9.17, 15) is 44.6 Å². The lowest BCUT2D eigenvalue weighted by Crippen LogP contribution is -2.64. The lowest BCUT2D eigenvalue weighted by molar-refractivity contribution is -0.220. The second-order valence-corrected chi connectivity index (χ2v) is 12.7. The Morgan fingerprint density at radius 1 is 0.628 bits per heavy atom. The minimum absolute atomic E-state index is 0.0993. The molecule has 0 heterocycles. The van der Waals surface area contributed by atoms with Crippen LogP contribution < -0.4 is 0 Å². The SMILES string of the molecule is CCCCCCCCCC(=O)OCC(COP(=O)(O)OC1[C@H](O)[C@H](O)C(O)[C@H](O)[C@H]1O)OC(=O)CCCCCCCCC. The zero-order valence-electron chi connectivity index (χ0n) is 25.8. The molecular weight excluding hydrogens is 587 g/mol. The molecule has 13 nitrogen and oxygen atoms in total. The summed E-state index contributed by atoms with van der Waals surface area (Å²) in [5, 5.41) is 49.5. The summed E-state index contributed by atoms with van der Waals surface area (Å²) < 4.78 is 32.9. The Hall–Kier alpha value is -1.15. The van der Waals surface area contributed by atoms with E-state index in [1.807, 2.05) is 0 Å². The number of rotatable bonds is 24. The Morgan fingerprint density at radius 3 is 1.53 bits per heavy atom. The predicted molar refractivity (Wildman–Crippen MR) is 157 cm³/mol. The molecule has 0 saturated heterocycles. The van der Waals surface area contributed by atoms with Crippen LogP contribution in [0, 0.1) is 0 Å². The number of carbonyl (C=O) groups excluding carboxylic acids is 2. The van der Waals surface area contributed by atoms with Crippen LogP contribution in [-0.2, 0) is 32.7 Å². The quantitative estimate of drug-likeness (QED) is 0.0509. The molecule has 8 atom stereocenters. The maximum Gasteiger partial charge on any atom is 0.472 e. The van der Waals surface area contributed by atoms with Crippen molar-refractivity contribution < 1.29 is 63.1 Å². The third-order valence-electron chi connectivity index (χ3n) is 7.45. The molecule has 0 bridgehead atoms. The normalized spacial score (nSPS) is 26.0. The number of unbranched alkanes of at least 4 members (excludes halogenated alkanes) is 12. The summed E-state index contributed by atoms with van der Waals surface area (Å²) in [5.41, 5.74) is 0. The van der Waals surface area contributed by atoms with E-state index in [-0.39, 0.29) is 12.8 Å². The molecule has 0 aliphatic heterocycles. The monoisotopic (exact) mass is 642 g/mol. The molecule has 1 aliphatic rings. The van der Waals surface area contributed by atoms with E-state index in [0.29, 0.717) is 12.8 Å². The summed E-state index contributed by atoms with van der Waals surface area (Å²) in [4.78, 5) is 34.9. The number of hydrogen-bond donors (Lipinski definition) is 6. The second kappa shape index (κ2) is 22.4. The van der Waals surface area contributed by atoms with Gasteiger partial charge in [-0.3, -0.25) is 18.6 Å². The molecule has 1 saturated carbocycles. The largest absolute Gasteiger partial charge is 0.472 e. The van der Waals surface area contributed by atoms with E-state index in [4.69, 9.17) is 18.5 Å². The molecule has 0 aromatic rings. The van der Waals surface area contributed by atoms with Gasteiger partial charge < -0.3 is 39.9 Å². The second-order valence-electron chi connectivity index (χ2n) is 11.3. The first-order chi connectivity index (χ1) is 20.4. The van der Waals surface area contributed by atoms with Crippen molar-refractivity contribution in [1.29, 1.82) is 0 Å². The topological polar surface area (TPSA) is 210 Å². The standard InChI is InChI=1S/C29H55O13P/c1-3-5-7-9-11-13-15-17-22(30)39-19-21(41-23(31)18-16-14-12-10-8-6-4-2)20-40-43(37,38)42-29-27(35)25(33)24(32)26(34)28(29)36/h21,24-29,32-36H,3-20H2,1-2H3,(H,37,38)/t21?,24?,25-,26+,27-,28-,29?/m1/s1. The summed E-state index contributed by atoms with van der Waals surface area (Å²) >= 11 is 0. The Balaban J connectivity index is 2.65. The average molecular weight is 643 g/mol. The maximum atomic E-state index is 12.6. The van der Waals surface area contributed by atoms with Crippen molar-refractivity contribution in [3.8, 4) is 0 Å². The first kappa shape index (κ1) is 39.9. The van der Waals surface area contributed by atoms with Crippen molar-refractivity contribution in [3.05, 3.63) is 0 Å². The van der Waals surface area contributed by atoms with Crippen molar-refractivity contribution in [1.82, 2.24) is 0 Å². The molecule has 4 unspecified atom stereocenters. The first-order valence-corrected chi connectivity index (χ1v) is 17.3. The molecule has 6 N–H and O–H groups in total. The molecule has 1 rings (SSSR count). The number of aliphatic hydroxyl groups is 5. The zero-order valence-corrected chi connectivity index (χ0v) is 26.7. The fourth-order valence-electron chi connectivity index (χ4n) is 4.75. The highest BCUT2D eigenvalue weighted by Crippen LogP contribution is 2.47. The van der Waals surface area contributed by atoms with Crippen LogP contribution in [0.25, 0.3) is 0 Å². The minimum Gasteiger partial charge on any atom is -0.462 e. The van der Waals surface area contributed by atoms with E-state index in [2.05, 4.69) is 13.8 Å². The van der Waals surface area contributed by atoms with Crippen molar-refractivity contribution >= 4 is 19.8 Å². The fraction of sp³-hybridized carbons (Fsp3) is 0.931. The van der Waals surface area contributed by atoms with E-state index >= 15 is 0 Å². The van der Waals surface area contributed by atoms with Gasteiger partial charge in [-0.05, 0) is 12.8 Å². The van der Waals surface area contributed by atoms with Gasteiger partial charge in [0.25, 0.3) is 0 Å². The summed E-state index contributed by atoms with van der Waals surface area (Å²) in [6.45, 7) is 3.11. The number of ether oxygens (including phenoxy) is 2. The minimum atomic E-state index is -5.08. The van der Waals surface area contributed by atoms with Gasteiger partial charge in [0, 0.05) is 12.8 Å². The van der Waals surface area contributed by atoms with Gasteiger partial charge in [0.15, 0.2) is 6.10 Å². The molecule has 1 fully saturated rings. The third-order valence-corrected chi connectivity index (χ3v) is 8.43. The van der Waals surface area contributed by atoms with Gasteiger partial charge in [0.1, 0.15) is 43.2 Å². The highest BCUT2D eigenvalue weighted by molar-refractivity contribution is 7.47. The smallest absolute Gasteiger partial charge is 0.462 e. The van der Waals surface area contributed by atoms with Crippen LogP contribution >= 0.6 is 7.82 Å². The number of carbonyl (C=O) groups is 2. The van der Waals surface area contributed by atoms with E-state index < -0.39 is 75.7 Å². The summed E-state index contributed by atoms with van der Waals surface area (Å²) in [5.74, 6) is -1.11. The Labute approximate surface area is 255 Å².